The first-order chi connectivity index (χ1) is 12.3. The number of para-hydroxylation sites is 2. The Hall–Kier alpha value is -2.69. The fourth-order valence-electron chi connectivity index (χ4n) is 2.95. The Bertz CT molecular complexity index is 694. The number of hydrogen-bond acceptors (Lipinski definition) is 4. The quantitative estimate of drug-likeness (QED) is 0.835. The average Bonchev–Trinajstić information content (AvgIpc) is 3.17. The normalized spacial score (nSPS) is 13.6. The summed E-state index contributed by atoms with van der Waals surface area (Å²) in [6.45, 7) is 2.54. The van der Waals surface area contributed by atoms with Crippen molar-refractivity contribution in [1.29, 1.82) is 0 Å². The summed E-state index contributed by atoms with van der Waals surface area (Å²) in [5.41, 5.74) is 2.03. The zero-order valence-electron chi connectivity index (χ0n) is 14.5. The van der Waals surface area contributed by atoms with Gasteiger partial charge in [0.25, 0.3) is 0 Å². The van der Waals surface area contributed by atoms with E-state index < -0.39 is 0 Å². The standard InChI is InChI=1S/C20H24N2O3/c1-24-18-6-2-3-7-19(18)25-15-12-20(23)21-16-8-10-17(11-9-16)22-13-4-5-14-22/h2-3,6-11H,4-5,12-15H2,1H3,(H,21,23). The van der Waals surface area contributed by atoms with Crippen LogP contribution in [0.5, 0.6) is 11.5 Å². The van der Waals surface area contributed by atoms with Crippen LogP contribution >= 0.6 is 0 Å². The van der Waals surface area contributed by atoms with Crippen molar-refractivity contribution < 1.29 is 14.3 Å². The number of nitrogens with zero attached hydrogens (tertiary/aromatic N) is 1. The molecule has 5 nitrogen and oxygen atoms in total. The number of methoxy groups -OCH3 is 1. The topological polar surface area (TPSA) is 50.8 Å². The summed E-state index contributed by atoms with van der Waals surface area (Å²) in [6, 6.07) is 15.4. The molecule has 1 fully saturated rings. The van der Waals surface area contributed by atoms with E-state index in [4.69, 9.17) is 9.47 Å². The van der Waals surface area contributed by atoms with E-state index in [0.29, 0.717) is 18.1 Å². The molecule has 2 aromatic carbocycles. The third-order valence-electron chi connectivity index (χ3n) is 4.28. The van der Waals surface area contributed by atoms with Crippen LogP contribution in [0, 0.1) is 0 Å². The van der Waals surface area contributed by atoms with E-state index in [1.54, 1.807) is 7.11 Å². The molecule has 0 spiro atoms. The van der Waals surface area contributed by atoms with Crippen LogP contribution in [-0.2, 0) is 4.79 Å². The van der Waals surface area contributed by atoms with Crippen LogP contribution in [0.4, 0.5) is 11.4 Å². The molecule has 3 rings (SSSR count). The number of ether oxygens (including phenoxy) is 2. The second-order valence-corrected chi connectivity index (χ2v) is 6.04. The summed E-state index contributed by atoms with van der Waals surface area (Å²) in [5.74, 6) is 1.25. The predicted octanol–water partition coefficient (Wildman–Crippen LogP) is 3.70. The Kier molecular flexibility index (Phi) is 5.77. The van der Waals surface area contributed by atoms with E-state index >= 15 is 0 Å². The van der Waals surface area contributed by atoms with E-state index in [2.05, 4.69) is 22.3 Å². The Morgan fingerprint density at radius 2 is 1.72 bits per heavy atom. The third-order valence-corrected chi connectivity index (χ3v) is 4.28. The lowest BCUT2D eigenvalue weighted by molar-refractivity contribution is -0.116. The van der Waals surface area contributed by atoms with Gasteiger partial charge in [-0.15, -0.1) is 0 Å². The first kappa shape index (κ1) is 17.1. The molecule has 0 unspecified atom stereocenters. The summed E-state index contributed by atoms with van der Waals surface area (Å²) in [6.07, 6.45) is 2.79. The lowest BCUT2D eigenvalue weighted by Gasteiger charge is -2.17. The van der Waals surface area contributed by atoms with Crippen molar-refractivity contribution in [2.24, 2.45) is 0 Å². The van der Waals surface area contributed by atoms with Crippen molar-refractivity contribution in [3.05, 3.63) is 48.5 Å². The monoisotopic (exact) mass is 340 g/mol. The van der Waals surface area contributed by atoms with Crippen LogP contribution in [0.15, 0.2) is 48.5 Å². The number of anilines is 2. The van der Waals surface area contributed by atoms with Gasteiger partial charge in [-0.05, 0) is 49.2 Å². The maximum Gasteiger partial charge on any atom is 0.227 e. The summed E-state index contributed by atoms with van der Waals surface area (Å²) >= 11 is 0. The molecule has 0 aliphatic carbocycles. The molecule has 25 heavy (non-hydrogen) atoms. The zero-order valence-corrected chi connectivity index (χ0v) is 14.5. The SMILES string of the molecule is COc1ccccc1OCCC(=O)Nc1ccc(N2CCCC2)cc1. The Morgan fingerprint density at radius 1 is 1.04 bits per heavy atom. The molecule has 0 radical (unpaired) electrons. The summed E-state index contributed by atoms with van der Waals surface area (Å²) in [5, 5.41) is 2.91. The highest BCUT2D eigenvalue weighted by atomic mass is 16.5. The van der Waals surface area contributed by atoms with Gasteiger partial charge in [-0.2, -0.15) is 0 Å². The summed E-state index contributed by atoms with van der Waals surface area (Å²) in [4.78, 5) is 14.4. The minimum Gasteiger partial charge on any atom is -0.493 e. The van der Waals surface area contributed by atoms with Gasteiger partial charge < -0.3 is 19.7 Å². The number of nitrogens with one attached hydrogen (secondary N) is 1. The Morgan fingerprint density at radius 3 is 2.40 bits per heavy atom. The molecular formula is C20H24N2O3. The van der Waals surface area contributed by atoms with Crippen LogP contribution in [0.1, 0.15) is 19.3 Å². The lowest BCUT2D eigenvalue weighted by atomic mass is 10.2. The maximum atomic E-state index is 12.1. The third kappa shape index (κ3) is 4.66. The van der Waals surface area contributed by atoms with Gasteiger partial charge >= 0.3 is 0 Å². The van der Waals surface area contributed by atoms with Crippen molar-refractivity contribution in [3.63, 3.8) is 0 Å². The van der Waals surface area contributed by atoms with Gasteiger partial charge in [0.15, 0.2) is 11.5 Å². The van der Waals surface area contributed by atoms with E-state index in [1.165, 1.54) is 18.5 Å². The summed E-state index contributed by atoms with van der Waals surface area (Å²) < 4.78 is 10.9. The van der Waals surface area contributed by atoms with Crippen LogP contribution in [0.25, 0.3) is 0 Å². The van der Waals surface area contributed by atoms with E-state index in [0.717, 1.165) is 18.8 Å². The molecule has 1 aliphatic heterocycles. The molecule has 1 amide bonds. The molecular weight excluding hydrogens is 316 g/mol. The lowest BCUT2D eigenvalue weighted by Crippen LogP contribution is -2.18. The molecule has 0 saturated carbocycles. The number of hydrogen-bond donors (Lipinski definition) is 1. The minimum atomic E-state index is -0.0659. The number of amides is 1. The fraction of sp³-hybridized carbons (Fsp3) is 0.350. The Labute approximate surface area is 148 Å². The van der Waals surface area contributed by atoms with Crippen LogP contribution in [0.2, 0.25) is 0 Å². The van der Waals surface area contributed by atoms with Crippen LogP contribution < -0.4 is 19.7 Å². The first-order valence-corrected chi connectivity index (χ1v) is 8.67. The first-order valence-electron chi connectivity index (χ1n) is 8.67. The average molecular weight is 340 g/mol. The highest BCUT2D eigenvalue weighted by Gasteiger charge is 2.12. The van der Waals surface area contributed by atoms with Gasteiger partial charge in [0, 0.05) is 24.5 Å². The van der Waals surface area contributed by atoms with Crippen molar-refractivity contribution >= 4 is 17.3 Å². The smallest absolute Gasteiger partial charge is 0.227 e. The maximum absolute atomic E-state index is 12.1. The molecule has 0 aromatic heterocycles. The fourth-order valence-corrected chi connectivity index (χ4v) is 2.95. The van der Waals surface area contributed by atoms with E-state index in [9.17, 15) is 4.79 Å². The van der Waals surface area contributed by atoms with Crippen molar-refractivity contribution in [2.75, 3.05) is 37.0 Å². The van der Waals surface area contributed by atoms with Gasteiger partial charge in [0.2, 0.25) is 5.91 Å². The highest BCUT2D eigenvalue weighted by molar-refractivity contribution is 5.91. The van der Waals surface area contributed by atoms with Crippen LogP contribution in [0.3, 0.4) is 0 Å². The van der Waals surface area contributed by atoms with Crippen molar-refractivity contribution in [2.45, 2.75) is 19.3 Å². The van der Waals surface area contributed by atoms with Gasteiger partial charge in [0.1, 0.15) is 0 Å². The highest BCUT2D eigenvalue weighted by Crippen LogP contribution is 2.26. The van der Waals surface area contributed by atoms with E-state index in [1.807, 2.05) is 36.4 Å². The second-order valence-electron chi connectivity index (χ2n) is 6.04. The van der Waals surface area contributed by atoms with Gasteiger partial charge in [0.05, 0.1) is 20.1 Å². The summed E-state index contributed by atoms with van der Waals surface area (Å²) in [7, 11) is 1.60. The van der Waals surface area contributed by atoms with Gasteiger partial charge in [-0.25, -0.2) is 0 Å². The van der Waals surface area contributed by atoms with Gasteiger partial charge in [-0.1, -0.05) is 12.1 Å². The van der Waals surface area contributed by atoms with Crippen LogP contribution in [-0.4, -0.2) is 32.7 Å². The number of rotatable bonds is 7. The molecule has 1 N–H and O–H groups in total. The largest absolute Gasteiger partial charge is 0.493 e. The predicted molar refractivity (Wildman–Crippen MR) is 99.6 cm³/mol. The van der Waals surface area contributed by atoms with Gasteiger partial charge in [-0.3, -0.25) is 4.79 Å². The second kappa shape index (κ2) is 8.42. The van der Waals surface area contributed by atoms with E-state index in [-0.39, 0.29) is 12.3 Å². The zero-order chi connectivity index (χ0) is 17.5. The molecule has 1 aliphatic rings. The molecule has 1 saturated heterocycles. The Balaban J connectivity index is 1.46. The minimum absolute atomic E-state index is 0.0659. The molecule has 0 bridgehead atoms. The number of carbonyl (C=O) groups is 1. The van der Waals surface area contributed by atoms with Crippen molar-refractivity contribution in [1.82, 2.24) is 0 Å². The molecule has 2 aromatic rings. The molecule has 132 valence electrons. The van der Waals surface area contributed by atoms with Crippen molar-refractivity contribution in [3.8, 4) is 11.5 Å². The molecule has 0 atom stereocenters. The number of carbonyl (C=O) groups excluding carboxylic acids is 1. The molecule has 5 heteroatoms. The number of benzene rings is 2. The molecule has 1 heterocycles.